The van der Waals surface area contributed by atoms with Crippen LogP contribution in [0, 0.1) is 11.8 Å². The molecule has 2 N–H and O–H groups in total. The zero-order valence-corrected chi connectivity index (χ0v) is 13.5. The molecule has 0 aliphatic carbocycles. The van der Waals surface area contributed by atoms with Crippen molar-refractivity contribution in [3.63, 3.8) is 0 Å². The second-order valence-corrected chi connectivity index (χ2v) is 6.72. The van der Waals surface area contributed by atoms with E-state index in [-0.39, 0.29) is 11.8 Å². The predicted molar refractivity (Wildman–Crippen MR) is 88.3 cm³/mol. The van der Waals surface area contributed by atoms with Crippen LogP contribution in [0.1, 0.15) is 30.9 Å². The molecule has 1 atom stereocenters. The van der Waals surface area contributed by atoms with Crippen LogP contribution in [0.5, 0.6) is 0 Å². The lowest BCUT2D eigenvalue weighted by Crippen LogP contribution is -2.49. The SMILES string of the molecule is CC(C(=O)NCc1ccc(CN2CCCC2)cc1)C1CNC1. The largest absolute Gasteiger partial charge is 0.352 e. The zero-order valence-electron chi connectivity index (χ0n) is 13.5. The van der Waals surface area contributed by atoms with E-state index in [2.05, 4.69) is 39.8 Å². The van der Waals surface area contributed by atoms with E-state index in [0.29, 0.717) is 12.5 Å². The van der Waals surface area contributed by atoms with Gasteiger partial charge in [-0.2, -0.15) is 0 Å². The molecule has 2 aliphatic heterocycles. The number of hydrogen-bond donors (Lipinski definition) is 2. The van der Waals surface area contributed by atoms with Crippen LogP contribution in [0.4, 0.5) is 0 Å². The third-order valence-electron chi connectivity index (χ3n) is 5.03. The van der Waals surface area contributed by atoms with E-state index in [1.54, 1.807) is 0 Å². The fourth-order valence-electron chi connectivity index (χ4n) is 3.19. The van der Waals surface area contributed by atoms with Gasteiger partial charge in [-0.05, 0) is 56.1 Å². The van der Waals surface area contributed by atoms with E-state index in [1.807, 2.05) is 6.92 Å². The fraction of sp³-hybridized carbons (Fsp3) is 0.611. The van der Waals surface area contributed by atoms with Crippen molar-refractivity contribution in [3.8, 4) is 0 Å². The van der Waals surface area contributed by atoms with Crippen molar-refractivity contribution in [3.05, 3.63) is 35.4 Å². The molecule has 1 unspecified atom stereocenters. The number of likely N-dealkylation sites (tertiary alicyclic amines) is 1. The number of amides is 1. The number of nitrogens with one attached hydrogen (secondary N) is 2. The van der Waals surface area contributed by atoms with E-state index in [4.69, 9.17) is 0 Å². The van der Waals surface area contributed by atoms with E-state index in [0.717, 1.165) is 19.6 Å². The maximum atomic E-state index is 12.1. The van der Waals surface area contributed by atoms with Crippen molar-refractivity contribution in [1.82, 2.24) is 15.5 Å². The Morgan fingerprint density at radius 1 is 1.23 bits per heavy atom. The minimum absolute atomic E-state index is 0.107. The first kappa shape index (κ1) is 15.5. The van der Waals surface area contributed by atoms with Crippen LogP contribution in [-0.4, -0.2) is 37.0 Å². The summed E-state index contributed by atoms with van der Waals surface area (Å²) in [7, 11) is 0. The number of rotatable bonds is 6. The Labute approximate surface area is 133 Å². The van der Waals surface area contributed by atoms with Crippen molar-refractivity contribution in [2.24, 2.45) is 11.8 Å². The second-order valence-electron chi connectivity index (χ2n) is 6.72. The summed E-state index contributed by atoms with van der Waals surface area (Å²) in [4.78, 5) is 14.6. The maximum absolute atomic E-state index is 12.1. The Morgan fingerprint density at radius 2 is 1.86 bits per heavy atom. The lowest BCUT2D eigenvalue weighted by Gasteiger charge is -2.31. The number of carbonyl (C=O) groups excluding carboxylic acids is 1. The van der Waals surface area contributed by atoms with Crippen LogP contribution >= 0.6 is 0 Å². The molecule has 0 aromatic heterocycles. The molecule has 1 aromatic rings. The van der Waals surface area contributed by atoms with Gasteiger partial charge in [0.05, 0.1) is 0 Å². The average molecular weight is 301 g/mol. The van der Waals surface area contributed by atoms with E-state index >= 15 is 0 Å². The average Bonchev–Trinajstić information content (AvgIpc) is 2.97. The normalized spacial score (nSPS) is 20.6. The van der Waals surface area contributed by atoms with Gasteiger partial charge >= 0.3 is 0 Å². The monoisotopic (exact) mass is 301 g/mol. The summed E-state index contributed by atoms with van der Waals surface area (Å²) in [6.45, 7) is 8.11. The smallest absolute Gasteiger partial charge is 0.223 e. The summed E-state index contributed by atoms with van der Waals surface area (Å²) in [5, 5.41) is 6.29. The number of hydrogen-bond acceptors (Lipinski definition) is 3. The van der Waals surface area contributed by atoms with Crippen LogP contribution < -0.4 is 10.6 Å². The highest BCUT2D eigenvalue weighted by atomic mass is 16.1. The molecule has 3 rings (SSSR count). The molecule has 2 aliphatic rings. The third-order valence-corrected chi connectivity index (χ3v) is 5.03. The van der Waals surface area contributed by atoms with Gasteiger partial charge in [-0.25, -0.2) is 0 Å². The Kier molecular flexibility index (Phi) is 5.11. The minimum atomic E-state index is 0.107. The molecule has 4 nitrogen and oxygen atoms in total. The van der Waals surface area contributed by atoms with Crippen molar-refractivity contribution >= 4 is 5.91 Å². The van der Waals surface area contributed by atoms with Gasteiger partial charge in [0.2, 0.25) is 5.91 Å². The Morgan fingerprint density at radius 3 is 2.45 bits per heavy atom. The van der Waals surface area contributed by atoms with Gasteiger partial charge in [0.25, 0.3) is 0 Å². The van der Waals surface area contributed by atoms with Crippen LogP contribution in [0.15, 0.2) is 24.3 Å². The quantitative estimate of drug-likeness (QED) is 0.841. The Bertz CT molecular complexity index is 490. The Balaban J connectivity index is 1.45. The van der Waals surface area contributed by atoms with E-state index in [1.165, 1.54) is 37.1 Å². The van der Waals surface area contributed by atoms with Gasteiger partial charge in [-0.1, -0.05) is 31.2 Å². The molecule has 2 saturated heterocycles. The highest BCUT2D eigenvalue weighted by Gasteiger charge is 2.28. The summed E-state index contributed by atoms with van der Waals surface area (Å²) >= 11 is 0. The zero-order chi connectivity index (χ0) is 15.4. The molecule has 1 aromatic carbocycles. The van der Waals surface area contributed by atoms with Crippen LogP contribution in [0.2, 0.25) is 0 Å². The molecule has 1 amide bonds. The lowest BCUT2D eigenvalue weighted by molar-refractivity contribution is -0.126. The molecule has 0 bridgehead atoms. The second kappa shape index (κ2) is 7.25. The summed E-state index contributed by atoms with van der Waals surface area (Å²) in [5.74, 6) is 0.783. The molecule has 120 valence electrons. The minimum Gasteiger partial charge on any atom is -0.352 e. The van der Waals surface area contributed by atoms with Gasteiger partial charge in [0.15, 0.2) is 0 Å². The van der Waals surface area contributed by atoms with Gasteiger partial charge in [0.1, 0.15) is 0 Å². The van der Waals surface area contributed by atoms with Crippen molar-refractivity contribution in [2.45, 2.75) is 32.9 Å². The van der Waals surface area contributed by atoms with Crippen LogP contribution in [0.25, 0.3) is 0 Å². The molecular weight excluding hydrogens is 274 g/mol. The molecule has 4 heteroatoms. The molecule has 0 radical (unpaired) electrons. The maximum Gasteiger partial charge on any atom is 0.223 e. The molecular formula is C18H27N3O. The number of benzene rings is 1. The number of carbonyl (C=O) groups is 1. The highest BCUT2D eigenvalue weighted by molar-refractivity contribution is 5.78. The van der Waals surface area contributed by atoms with Crippen molar-refractivity contribution < 1.29 is 4.79 Å². The van der Waals surface area contributed by atoms with Gasteiger partial charge in [-0.15, -0.1) is 0 Å². The van der Waals surface area contributed by atoms with Crippen molar-refractivity contribution in [1.29, 1.82) is 0 Å². The topological polar surface area (TPSA) is 44.4 Å². The van der Waals surface area contributed by atoms with E-state index in [9.17, 15) is 4.79 Å². The number of nitrogens with zero attached hydrogens (tertiary/aromatic N) is 1. The summed E-state index contributed by atoms with van der Waals surface area (Å²) in [6.07, 6.45) is 2.66. The lowest BCUT2D eigenvalue weighted by atomic mass is 9.88. The van der Waals surface area contributed by atoms with Crippen molar-refractivity contribution in [2.75, 3.05) is 26.2 Å². The van der Waals surface area contributed by atoms with Crippen LogP contribution in [0.3, 0.4) is 0 Å². The summed E-state index contributed by atoms with van der Waals surface area (Å²) < 4.78 is 0. The molecule has 0 saturated carbocycles. The van der Waals surface area contributed by atoms with E-state index < -0.39 is 0 Å². The summed E-state index contributed by atoms with van der Waals surface area (Å²) in [6, 6.07) is 8.67. The molecule has 2 heterocycles. The first-order valence-corrected chi connectivity index (χ1v) is 8.51. The summed E-state index contributed by atoms with van der Waals surface area (Å²) in [5.41, 5.74) is 2.54. The van der Waals surface area contributed by atoms with Gasteiger partial charge < -0.3 is 10.6 Å². The molecule has 2 fully saturated rings. The standard InChI is InChI=1S/C18H27N3O/c1-14(17-11-19-12-17)18(22)20-10-15-4-6-16(7-5-15)13-21-8-2-3-9-21/h4-7,14,17,19H,2-3,8-13H2,1H3,(H,20,22). The first-order valence-electron chi connectivity index (χ1n) is 8.51. The molecule has 22 heavy (non-hydrogen) atoms. The van der Waals surface area contributed by atoms with Gasteiger partial charge in [0, 0.05) is 19.0 Å². The highest BCUT2D eigenvalue weighted by Crippen LogP contribution is 2.16. The fourth-order valence-corrected chi connectivity index (χ4v) is 3.19. The van der Waals surface area contributed by atoms with Gasteiger partial charge in [-0.3, -0.25) is 9.69 Å². The van der Waals surface area contributed by atoms with Crippen LogP contribution in [-0.2, 0) is 17.9 Å². The predicted octanol–water partition coefficient (Wildman–Crippen LogP) is 1.75. The molecule has 0 spiro atoms. The first-order chi connectivity index (χ1) is 10.7. The Hall–Kier alpha value is -1.39. The third kappa shape index (κ3) is 3.87.